The molecular weight excluding hydrogens is 418 g/mol. The summed E-state index contributed by atoms with van der Waals surface area (Å²) in [4.78, 5) is 15.0. The van der Waals surface area contributed by atoms with Crippen LogP contribution in [0.5, 0.6) is 5.06 Å². The number of rotatable bonds is 21. The maximum Gasteiger partial charge on any atom is 0.350 e. The van der Waals surface area contributed by atoms with E-state index in [9.17, 15) is 4.79 Å². The van der Waals surface area contributed by atoms with Gasteiger partial charge >= 0.3 is 5.97 Å². The van der Waals surface area contributed by atoms with E-state index in [1.165, 1.54) is 94.8 Å². The third-order valence-electron chi connectivity index (χ3n) is 6.13. The lowest BCUT2D eigenvalue weighted by atomic mass is 10.0. The first-order chi connectivity index (χ1) is 15.6. The molecular formula is C27H49NO3S. The van der Waals surface area contributed by atoms with Crippen molar-refractivity contribution < 1.29 is 14.3 Å². The molecule has 0 bridgehead atoms. The number of carbonyl (C=O) groups excluding carboxylic acids is 1. The van der Waals surface area contributed by atoms with Crippen LogP contribution in [0, 0.1) is 0 Å². The highest BCUT2D eigenvalue weighted by molar-refractivity contribution is 7.15. The Morgan fingerprint density at radius 3 is 1.81 bits per heavy atom. The molecule has 0 saturated heterocycles. The molecule has 1 heterocycles. The average molecular weight is 468 g/mol. The smallest absolute Gasteiger partial charge is 0.350 e. The highest BCUT2D eigenvalue weighted by Gasteiger charge is 2.18. The Morgan fingerprint density at radius 2 is 1.31 bits per heavy atom. The highest BCUT2D eigenvalue weighted by atomic mass is 32.1. The summed E-state index contributed by atoms with van der Waals surface area (Å²) in [7, 11) is 0. The largest absolute Gasteiger partial charge is 0.484 e. The highest BCUT2D eigenvalue weighted by Crippen LogP contribution is 2.26. The predicted molar refractivity (Wildman–Crippen MR) is 138 cm³/mol. The van der Waals surface area contributed by atoms with Crippen molar-refractivity contribution in [3.63, 3.8) is 0 Å². The number of unbranched alkanes of at least 4 members (excludes halogenated alkanes) is 13. The Hall–Kier alpha value is -1.07. The van der Waals surface area contributed by atoms with Crippen LogP contribution in [0.25, 0.3) is 0 Å². The molecule has 0 fully saturated rings. The third-order valence-corrected chi connectivity index (χ3v) is 7.11. The van der Waals surface area contributed by atoms with Crippen molar-refractivity contribution in [2.24, 2.45) is 0 Å². The predicted octanol–water partition coefficient (Wildman–Crippen LogP) is 8.45. The molecule has 1 aromatic rings. The van der Waals surface area contributed by atoms with E-state index in [2.05, 4.69) is 25.7 Å². The number of thiophene rings is 1. The summed E-state index contributed by atoms with van der Waals surface area (Å²) in [5.41, 5.74) is 0. The molecule has 32 heavy (non-hydrogen) atoms. The Morgan fingerprint density at radius 1 is 0.812 bits per heavy atom. The van der Waals surface area contributed by atoms with Gasteiger partial charge in [-0.1, -0.05) is 116 Å². The third kappa shape index (κ3) is 13.5. The molecule has 1 aromatic heterocycles. The number of hydrogen-bond acceptors (Lipinski definition) is 5. The first-order valence-electron chi connectivity index (χ1n) is 13.3. The molecule has 0 aliphatic rings. The lowest BCUT2D eigenvalue weighted by Gasteiger charge is -2.25. The van der Waals surface area contributed by atoms with Crippen molar-refractivity contribution in [2.75, 3.05) is 19.7 Å². The van der Waals surface area contributed by atoms with Crippen LogP contribution in [-0.4, -0.2) is 36.8 Å². The first kappa shape index (κ1) is 29.0. The summed E-state index contributed by atoms with van der Waals surface area (Å²) < 4.78 is 11.4. The van der Waals surface area contributed by atoms with Gasteiger partial charge in [-0.15, -0.1) is 0 Å². The average Bonchev–Trinajstić information content (AvgIpc) is 3.26. The molecule has 0 aromatic carbocycles. The normalized spacial score (nSPS) is 12.3. The molecule has 4 nitrogen and oxygen atoms in total. The van der Waals surface area contributed by atoms with E-state index in [0.717, 1.165) is 31.2 Å². The Kier molecular flexibility index (Phi) is 17.6. The number of carbonyl (C=O) groups is 1. The molecule has 0 radical (unpaired) electrons. The van der Waals surface area contributed by atoms with Crippen molar-refractivity contribution in [1.29, 1.82) is 0 Å². The van der Waals surface area contributed by atoms with Crippen LogP contribution in [0.15, 0.2) is 12.1 Å². The van der Waals surface area contributed by atoms with Crippen molar-refractivity contribution in [3.05, 3.63) is 17.0 Å². The Balaban J connectivity index is 2.00. The van der Waals surface area contributed by atoms with Gasteiger partial charge in [0.25, 0.3) is 0 Å². The molecule has 1 unspecified atom stereocenters. The summed E-state index contributed by atoms with van der Waals surface area (Å²) in [5, 5.41) is 0.808. The minimum atomic E-state index is -0.263. The van der Waals surface area contributed by atoms with Crippen LogP contribution >= 0.6 is 11.3 Å². The minimum absolute atomic E-state index is 0.209. The van der Waals surface area contributed by atoms with Crippen LogP contribution in [0.4, 0.5) is 0 Å². The van der Waals surface area contributed by atoms with Gasteiger partial charge in [0.05, 0.1) is 6.61 Å². The fraction of sp³-hybridized carbons (Fsp3) is 0.815. The zero-order chi connectivity index (χ0) is 23.4. The van der Waals surface area contributed by atoms with Crippen LogP contribution in [-0.2, 0) is 4.74 Å². The van der Waals surface area contributed by atoms with E-state index in [1.54, 1.807) is 0 Å². The van der Waals surface area contributed by atoms with Gasteiger partial charge in [0.2, 0.25) is 0 Å². The summed E-state index contributed by atoms with van der Waals surface area (Å²) >= 11 is 1.38. The number of esters is 1. The van der Waals surface area contributed by atoms with Gasteiger partial charge in [0.15, 0.2) is 11.3 Å². The zero-order valence-corrected chi connectivity index (χ0v) is 22.1. The number of nitrogens with zero attached hydrogens (tertiary/aromatic N) is 1. The molecule has 5 heteroatoms. The number of hydrogen-bond donors (Lipinski definition) is 0. The van der Waals surface area contributed by atoms with Crippen LogP contribution in [0.2, 0.25) is 0 Å². The Bertz CT molecular complexity index is 571. The number of ether oxygens (including phenoxy) is 2. The minimum Gasteiger partial charge on any atom is -0.484 e. The van der Waals surface area contributed by atoms with E-state index < -0.39 is 0 Å². The molecule has 0 saturated carbocycles. The van der Waals surface area contributed by atoms with Gasteiger partial charge in [-0.2, -0.15) is 0 Å². The van der Waals surface area contributed by atoms with Gasteiger partial charge in [0, 0.05) is 0 Å². The zero-order valence-electron chi connectivity index (χ0n) is 21.3. The molecule has 1 atom stereocenters. The Labute approximate surface area is 202 Å². The second-order valence-corrected chi connectivity index (χ2v) is 9.84. The fourth-order valence-corrected chi connectivity index (χ4v) is 4.76. The van der Waals surface area contributed by atoms with Gasteiger partial charge in [-0.05, 0) is 38.6 Å². The van der Waals surface area contributed by atoms with Crippen LogP contribution in [0.1, 0.15) is 127 Å². The fourth-order valence-electron chi connectivity index (χ4n) is 4.00. The van der Waals surface area contributed by atoms with Crippen molar-refractivity contribution in [3.8, 4) is 5.06 Å². The first-order valence-corrected chi connectivity index (χ1v) is 14.1. The summed E-state index contributed by atoms with van der Waals surface area (Å²) in [6.45, 7) is 10.8. The van der Waals surface area contributed by atoms with Crippen molar-refractivity contribution in [1.82, 2.24) is 4.90 Å². The standard InChI is InChI=1S/C27H49NO3S/c1-5-8-9-10-11-12-13-14-15-16-17-18-19-20-23-30-26-22-21-25(32-26)27(29)31-24(4)28(6-2)7-3/h21-22,24H,5-20,23H2,1-4H3. The molecule has 186 valence electrons. The van der Waals surface area contributed by atoms with E-state index >= 15 is 0 Å². The quantitative estimate of drug-likeness (QED) is 0.103. The van der Waals surface area contributed by atoms with Crippen LogP contribution in [0.3, 0.4) is 0 Å². The second-order valence-electron chi connectivity index (χ2n) is 8.79. The molecule has 1 rings (SSSR count). The SMILES string of the molecule is CCCCCCCCCCCCCCCCOc1ccc(C(=O)OC(C)N(CC)CC)s1. The van der Waals surface area contributed by atoms with Gasteiger partial charge in [-0.25, -0.2) is 4.79 Å². The van der Waals surface area contributed by atoms with E-state index in [-0.39, 0.29) is 12.2 Å². The summed E-state index contributed by atoms with van der Waals surface area (Å²) in [5.74, 6) is -0.263. The van der Waals surface area contributed by atoms with Crippen molar-refractivity contribution in [2.45, 2.75) is 124 Å². The summed E-state index contributed by atoms with van der Waals surface area (Å²) in [6, 6.07) is 3.69. The second kappa shape index (κ2) is 19.4. The lowest BCUT2D eigenvalue weighted by Crippen LogP contribution is -2.36. The molecule has 0 N–H and O–H groups in total. The van der Waals surface area contributed by atoms with Gasteiger partial charge in [-0.3, -0.25) is 4.90 Å². The van der Waals surface area contributed by atoms with E-state index in [0.29, 0.717) is 4.88 Å². The molecule has 0 aliphatic carbocycles. The van der Waals surface area contributed by atoms with E-state index in [1.807, 2.05) is 19.1 Å². The topological polar surface area (TPSA) is 38.8 Å². The molecule has 0 aliphatic heterocycles. The summed E-state index contributed by atoms with van der Waals surface area (Å²) in [6.07, 6.45) is 18.8. The molecule has 0 spiro atoms. The maximum atomic E-state index is 12.3. The van der Waals surface area contributed by atoms with Crippen molar-refractivity contribution >= 4 is 17.3 Å². The van der Waals surface area contributed by atoms with Crippen LogP contribution < -0.4 is 4.74 Å². The monoisotopic (exact) mass is 467 g/mol. The lowest BCUT2D eigenvalue weighted by molar-refractivity contribution is -0.0192. The maximum absolute atomic E-state index is 12.3. The van der Waals surface area contributed by atoms with Gasteiger partial charge < -0.3 is 9.47 Å². The van der Waals surface area contributed by atoms with Gasteiger partial charge in [0.1, 0.15) is 4.88 Å². The van der Waals surface area contributed by atoms with E-state index in [4.69, 9.17) is 9.47 Å². The molecule has 0 amide bonds.